The van der Waals surface area contributed by atoms with Crippen LogP contribution in [-0.2, 0) is 9.59 Å². The Morgan fingerprint density at radius 2 is 1.70 bits per heavy atom. The van der Waals surface area contributed by atoms with Crippen molar-refractivity contribution >= 4 is 23.2 Å². The molecule has 2 amide bonds. The minimum atomic E-state index is -1.03. The van der Waals surface area contributed by atoms with Gasteiger partial charge in [0.25, 0.3) is 5.91 Å². The number of hydrogen-bond donors (Lipinski definition) is 2. The van der Waals surface area contributed by atoms with E-state index in [1.54, 1.807) is 11.8 Å². The molecule has 1 aliphatic heterocycles. The van der Waals surface area contributed by atoms with Gasteiger partial charge in [0.1, 0.15) is 0 Å². The van der Waals surface area contributed by atoms with Gasteiger partial charge in [-0.1, -0.05) is 48.5 Å². The van der Waals surface area contributed by atoms with Crippen LogP contribution in [0.2, 0.25) is 0 Å². The molecule has 0 saturated heterocycles. The zero-order chi connectivity index (χ0) is 19.6. The van der Waals surface area contributed by atoms with Gasteiger partial charge in [-0.05, 0) is 26.8 Å². The lowest BCUT2D eigenvalue weighted by Crippen LogP contribution is -2.52. The van der Waals surface area contributed by atoms with Crippen molar-refractivity contribution < 1.29 is 9.59 Å². The first-order valence-corrected chi connectivity index (χ1v) is 9.01. The van der Waals surface area contributed by atoms with Gasteiger partial charge in [-0.3, -0.25) is 9.59 Å². The van der Waals surface area contributed by atoms with Crippen molar-refractivity contribution in [3.8, 4) is 0 Å². The largest absolute Gasteiger partial charge is 0.325 e. The van der Waals surface area contributed by atoms with Crippen LogP contribution >= 0.6 is 0 Å². The lowest BCUT2D eigenvalue weighted by atomic mass is 10.00. The summed E-state index contributed by atoms with van der Waals surface area (Å²) in [6.07, 6.45) is -1.03. The second-order valence-corrected chi connectivity index (χ2v) is 6.86. The van der Waals surface area contributed by atoms with Gasteiger partial charge < -0.3 is 16.0 Å². The maximum atomic E-state index is 13.2. The number of aliphatic imine (C=N–C) groups is 1. The van der Waals surface area contributed by atoms with Crippen LogP contribution in [0.5, 0.6) is 0 Å². The van der Waals surface area contributed by atoms with E-state index in [4.69, 9.17) is 5.73 Å². The van der Waals surface area contributed by atoms with E-state index in [1.165, 1.54) is 0 Å². The monoisotopic (exact) mass is 364 g/mol. The van der Waals surface area contributed by atoms with Gasteiger partial charge in [0.2, 0.25) is 12.1 Å². The maximum absolute atomic E-state index is 13.2. The van der Waals surface area contributed by atoms with Crippen molar-refractivity contribution in [2.75, 3.05) is 4.90 Å². The summed E-state index contributed by atoms with van der Waals surface area (Å²) >= 11 is 0. The topological polar surface area (TPSA) is 87.8 Å². The molecule has 6 nitrogen and oxygen atoms in total. The zero-order valence-electron chi connectivity index (χ0n) is 15.7. The summed E-state index contributed by atoms with van der Waals surface area (Å²) in [6, 6.07) is 16.5. The standard InChI is InChI=1S/C21H24N4O2/c1-13(2)25-17-12-8-7-11-16(17)18(15-9-5-4-6-10-15)23-19(21(25)27)24-20(26)14(3)22/h4-14,19H,22H2,1-3H3,(H,24,26)/t14-,19?/m0/s1. The third kappa shape index (κ3) is 3.75. The van der Waals surface area contributed by atoms with Crippen molar-refractivity contribution in [3.63, 3.8) is 0 Å². The van der Waals surface area contributed by atoms with Crippen LogP contribution < -0.4 is 16.0 Å². The summed E-state index contributed by atoms with van der Waals surface area (Å²) < 4.78 is 0. The average Bonchev–Trinajstić information content (AvgIpc) is 2.77. The molecule has 1 unspecified atom stereocenters. The summed E-state index contributed by atoms with van der Waals surface area (Å²) in [5, 5.41) is 2.68. The predicted octanol–water partition coefficient (Wildman–Crippen LogP) is 2.07. The normalized spacial score (nSPS) is 17.8. The SMILES string of the molecule is CC(C)N1C(=O)C(NC(=O)[C@H](C)N)N=C(c2ccccc2)c2ccccc21. The Hall–Kier alpha value is -2.99. The molecule has 27 heavy (non-hydrogen) atoms. The summed E-state index contributed by atoms with van der Waals surface area (Å²) in [5.41, 5.74) is 8.85. The number of carbonyl (C=O) groups is 2. The summed E-state index contributed by atoms with van der Waals surface area (Å²) in [7, 11) is 0. The fourth-order valence-corrected chi connectivity index (χ4v) is 3.11. The summed E-state index contributed by atoms with van der Waals surface area (Å²) in [5.74, 6) is -0.698. The fraction of sp³-hybridized carbons (Fsp3) is 0.286. The molecular weight excluding hydrogens is 340 g/mol. The molecule has 0 radical (unpaired) electrons. The third-order valence-electron chi connectivity index (χ3n) is 4.40. The van der Waals surface area contributed by atoms with Gasteiger partial charge in [-0.25, -0.2) is 4.99 Å². The Balaban J connectivity index is 2.19. The molecule has 0 fully saturated rings. The highest BCUT2D eigenvalue weighted by molar-refractivity contribution is 6.20. The summed E-state index contributed by atoms with van der Waals surface area (Å²) in [6.45, 7) is 5.45. The number of nitrogens with one attached hydrogen (secondary N) is 1. The maximum Gasteiger partial charge on any atom is 0.272 e. The van der Waals surface area contributed by atoms with Crippen molar-refractivity contribution in [3.05, 3.63) is 65.7 Å². The van der Waals surface area contributed by atoms with Gasteiger partial charge in [0.15, 0.2) is 0 Å². The van der Waals surface area contributed by atoms with Crippen LogP contribution in [0.4, 0.5) is 5.69 Å². The summed E-state index contributed by atoms with van der Waals surface area (Å²) in [4.78, 5) is 31.8. The first-order valence-electron chi connectivity index (χ1n) is 9.01. The molecule has 3 rings (SSSR count). The van der Waals surface area contributed by atoms with Crippen molar-refractivity contribution in [2.45, 2.75) is 39.0 Å². The zero-order valence-corrected chi connectivity index (χ0v) is 15.7. The minimum absolute atomic E-state index is 0.0984. The van der Waals surface area contributed by atoms with E-state index in [2.05, 4.69) is 10.3 Å². The van der Waals surface area contributed by atoms with E-state index in [0.29, 0.717) is 5.71 Å². The number of hydrogen-bond acceptors (Lipinski definition) is 4. The first kappa shape index (κ1) is 18.8. The van der Waals surface area contributed by atoms with Crippen molar-refractivity contribution in [1.82, 2.24) is 5.32 Å². The van der Waals surface area contributed by atoms with Gasteiger partial charge in [0.05, 0.1) is 17.4 Å². The molecule has 0 spiro atoms. The lowest BCUT2D eigenvalue weighted by Gasteiger charge is -2.29. The van der Waals surface area contributed by atoms with E-state index in [0.717, 1.165) is 16.8 Å². The Kier molecular flexibility index (Phi) is 5.37. The Morgan fingerprint density at radius 1 is 1.07 bits per heavy atom. The molecular formula is C21H24N4O2. The number of fused-ring (bicyclic) bond motifs is 1. The highest BCUT2D eigenvalue weighted by atomic mass is 16.2. The number of nitrogens with zero attached hydrogens (tertiary/aromatic N) is 2. The number of amides is 2. The number of carbonyl (C=O) groups excluding carboxylic acids is 2. The van der Waals surface area contributed by atoms with E-state index in [1.807, 2.05) is 68.4 Å². The van der Waals surface area contributed by atoms with Crippen LogP contribution in [0.25, 0.3) is 0 Å². The Labute approximate surface area is 159 Å². The molecule has 2 atom stereocenters. The lowest BCUT2D eigenvalue weighted by molar-refractivity contribution is -0.128. The molecule has 0 saturated carbocycles. The highest BCUT2D eigenvalue weighted by Crippen LogP contribution is 2.29. The van der Waals surface area contributed by atoms with Crippen LogP contribution in [0, 0.1) is 0 Å². The van der Waals surface area contributed by atoms with Crippen LogP contribution in [0.3, 0.4) is 0 Å². The molecule has 0 aliphatic carbocycles. The molecule has 1 heterocycles. The number of benzene rings is 2. The van der Waals surface area contributed by atoms with Crippen LogP contribution in [-0.4, -0.2) is 35.8 Å². The Morgan fingerprint density at radius 3 is 2.33 bits per heavy atom. The van der Waals surface area contributed by atoms with Crippen molar-refractivity contribution in [2.24, 2.45) is 10.7 Å². The van der Waals surface area contributed by atoms with E-state index < -0.39 is 18.1 Å². The Bertz CT molecular complexity index is 875. The number of anilines is 1. The third-order valence-corrected chi connectivity index (χ3v) is 4.40. The van der Waals surface area contributed by atoms with Gasteiger partial charge >= 0.3 is 0 Å². The molecule has 140 valence electrons. The molecule has 3 N–H and O–H groups in total. The number of nitrogens with two attached hydrogens (primary N) is 1. The van der Waals surface area contributed by atoms with E-state index >= 15 is 0 Å². The van der Waals surface area contributed by atoms with Gasteiger partial charge in [-0.2, -0.15) is 0 Å². The quantitative estimate of drug-likeness (QED) is 0.870. The number of benzodiazepines with no additional fused rings is 1. The minimum Gasteiger partial charge on any atom is -0.325 e. The van der Waals surface area contributed by atoms with Gasteiger partial charge in [-0.15, -0.1) is 0 Å². The van der Waals surface area contributed by atoms with Crippen LogP contribution in [0.1, 0.15) is 31.9 Å². The van der Waals surface area contributed by atoms with E-state index in [9.17, 15) is 9.59 Å². The van der Waals surface area contributed by atoms with Gasteiger partial charge in [0, 0.05) is 17.2 Å². The second-order valence-electron chi connectivity index (χ2n) is 6.86. The number of rotatable bonds is 4. The van der Waals surface area contributed by atoms with Crippen LogP contribution in [0.15, 0.2) is 59.6 Å². The molecule has 2 aromatic rings. The molecule has 0 bridgehead atoms. The first-order chi connectivity index (χ1) is 12.9. The molecule has 1 aliphatic rings. The second kappa shape index (κ2) is 7.72. The van der Waals surface area contributed by atoms with Crippen molar-refractivity contribution in [1.29, 1.82) is 0 Å². The molecule has 2 aromatic carbocycles. The smallest absolute Gasteiger partial charge is 0.272 e. The van der Waals surface area contributed by atoms with E-state index in [-0.39, 0.29) is 11.9 Å². The average molecular weight is 364 g/mol. The molecule has 0 aromatic heterocycles. The number of para-hydroxylation sites is 1. The predicted molar refractivity (Wildman–Crippen MR) is 107 cm³/mol. The highest BCUT2D eigenvalue weighted by Gasteiger charge is 2.34. The fourth-order valence-electron chi connectivity index (χ4n) is 3.11. The molecule has 6 heteroatoms.